The molecule has 2 bridgehead atoms. The van der Waals surface area contributed by atoms with E-state index in [1.54, 1.807) is 0 Å². The molecule has 2 fully saturated rings. The summed E-state index contributed by atoms with van der Waals surface area (Å²) in [4.78, 5) is 24.1. The van der Waals surface area contributed by atoms with Crippen LogP contribution >= 0.6 is 0 Å². The van der Waals surface area contributed by atoms with Gasteiger partial charge in [0.05, 0.1) is 12.7 Å². The summed E-state index contributed by atoms with van der Waals surface area (Å²) in [5.41, 5.74) is 0. The Kier molecular flexibility index (Phi) is 4.60. The van der Waals surface area contributed by atoms with Gasteiger partial charge in [-0.1, -0.05) is 0 Å². The molecule has 0 radical (unpaired) electrons. The van der Waals surface area contributed by atoms with Gasteiger partial charge in [-0.05, 0) is 25.7 Å². The summed E-state index contributed by atoms with van der Waals surface area (Å²) in [5.74, 6) is -1.02. The number of aliphatic hydroxyl groups excluding tert-OH is 1. The lowest BCUT2D eigenvalue weighted by molar-refractivity contribution is -0.142. The van der Waals surface area contributed by atoms with Gasteiger partial charge in [0.25, 0.3) is 0 Å². The van der Waals surface area contributed by atoms with Gasteiger partial charge in [-0.3, -0.25) is 0 Å². The van der Waals surface area contributed by atoms with Gasteiger partial charge in [0.2, 0.25) is 0 Å². The number of carboxylic acid groups (broad SMARTS) is 1. The van der Waals surface area contributed by atoms with Crippen molar-refractivity contribution in [2.24, 2.45) is 0 Å². The van der Waals surface area contributed by atoms with E-state index in [4.69, 9.17) is 9.84 Å². The maximum atomic E-state index is 12.0. The summed E-state index contributed by atoms with van der Waals surface area (Å²) in [5, 5.41) is 20.8. The average Bonchev–Trinajstić information content (AvgIpc) is 2.61. The minimum Gasteiger partial charge on any atom is -0.480 e. The molecule has 2 amide bonds. The number of carbonyl (C=O) groups excluding carboxylic acids is 1. The standard InChI is InChI=1S/C12H20N2O5/c15-10-5-8-1-2-9(6-10)14(8)12(18)13-3-4-19-7-11(16)17/h8-10,15H,1-7H2,(H,13,18)(H,16,17). The van der Waals surface area contributed by atoms with Gasteiger partial charge in [-0.2, -0.15) is 0 Å². The summed E-state index contributed by atoms with van der Waals surface area (Å²) >= 11 is 0. The lowest BCUT2D eigenvalue weighted by Crippen LogP contribution is -2.52. The molecular weight excluding hydrogens is 252 g/mol. The number of carbonyl (C=O) groups is 2. The molecule has 0 aromatic carbocycles. The lowest BCUT2D eigenvalue weighted by atomic mass is 10.0. The van der Waals surface area contributed by atoms with Gasteiger partial charge in [-0.15, -0.1) is 0 Å². The average molecular weight is 272 g/mol. The first-order chi connectivity index (χ1) is 9.08. The Labute approximate surface area is 111 Å². The Bertz CT molecular complexity index is 335. The molecule has 2 unspecified atom stereocenters. The SMILES string of the molecule is O=C(O)COCCNC(=O)N1C2CCC1CC(O)C2. The fourth-order valence-corrected chi connectivity index (χ4v) is 2.96. The molecule has 2 atom stereocenters. The Morgan fingerprint density at radius 1 is 1.26 bits per heavy atom. The predicted molar refractivity (Wildman–Crippen MR) is 65.7 cm³/mol. The van der Waals surface area contributed by atoms with Gasteiger partial charge in [-0.25, -0.2) is 9.59 Å². The van der Waals surface area contributed by atoms with Crippen molar-refractivity contribution >= 4 is 12.0 Å². The zero-order valence-electron chi connectivity index (χ0n) is 10.7. The number of nitrogens with zero attached hydrogens (tertiary/aromatic N) is 1. The van der Waals surface area contributed by atoms with Gasteiger partial charge in [0.1, 0.15) is 6.61 Å². The van der Waals surface area contributed by atoms with Crippen molar-refractivity contribution in [3.8, 4) is 0 Å². The molecular formula is C12H20N2O5. The zero-order valence-corrected chi connectivity index (χ0v) is 10.7. The molecule has 2 saturated heterocycles. The molecule has 2 rings (SSSR count). The van der Waals surface area contributed by atoms with Crippen LogP contribution in [0.25, 0.3) is 0 Å². The number of urea groups is 1. The summed E-state index contributed by atoms with van der Waals surface area (Å²) in [6.07, 6.45) is 2.91. The van der Waals surface area contributed by atoms with Crippen LogP contribution in [0.2, 0.25) is 0 Å². The smallest absolute Gasteiger partial charge is 0.329 e. The predicted octanol–water partition coefficient (Wildman–Crippen LogP) is -0.215. The molecule has 7 nitrogen and oxygen atoms in total. The van der Waals surface area contributed by atoms with Crippen molar-refractivity contribution < 1.29 is 24.5 Å². The second-order valence-electron chi connectivity index (χ2n) is 5.10. The maximum Gasteiger partial charge on any atom is 0.329 e. The third-order valence-corrected chi connectivity index (χ3v) is 3.69. The molecule has 0 aliphatic carbocycles. The molecule has 7 heteroatoms. The minimum atomic E-state index is -1.02. The van der Waals surface area contributed by atoms with E-state index in [1.165, 1.54) is 0 Å². The number of rotatable bonds is 5. The van der Waals surface area contributed by atoms with E-state index in [0.29, 0.717) is 19.4 Å². The summed E-state index contributed by atoms with van der Waals surface area (Å²) in [7, 11) is 0. The van der Waals surface area contributed by atoms with E-state index in [1.807, 2.05) is 4.90 Å². The normalized spacial score (nSPS) is 29.3. The van der Waals surface area contributed by atoms with Crippen molar-refractivity contribution in [2.45, 2.75) is 43.9 Å². The number of hydrogen-bond acceptors (Lipinski definition) is 4. The summed E-state index contributed by atoms with van der Waals surface area (Å²) in [6.45, 7) is 0.130. The monoisotopic (exact) mass is 272 g/mol. The first kappa shape index (κ1) is 14.1. The van der Waals surface area contributed by atoms with Crippen LogP contribution in [0.15, 0.2) is 0 Å². The van der Waals surface area contributed by atoms with E-state index in [-0.39, 0.29) is 37.4 Å². The Morgan fingerprint density at radius 3 is 2.47 bits per heavy atom. The number of carboxylic acids is 1. The van der Waals surface area contributed by atoms with Gasteiger partial charge >= 0.3 is 12.0 Å². The highest BCUT2D eigenvalue weighted by atomic mass is 16.5. The highest BCUT2D eigenvalue weighted by Crippen LogP contribution is 2.35. The number of piperidine rings is 1. The molecule has 2 aliphatic rings. The molecule has 2 aliphatic heterocycles. The molecule has 19 heavy (non-hydrogen) atoms. The quantitative estimate of drug-likeness (QED) is 0.601. The third kappa shape index (κ3) is 3.57. The van der Waals surface area contributed by atoms with Crippen molar-refractivity contribution in [2.75, 3.05) is 19.8 Å². The number of nitrogens with one attached hydrogen (secondary N) is 1. The zero-order chi connectivity index (χ0) is 13.8. The van der Waals surface area contributed by atoms with Crippen LogP contribution < -0.4 is 5.32 Å². The van der Waals surface area contributed by atoms with Crippen LogP contribution in [0.5, 0.6) is 0 Å². The molecule has 0 aromatic rings. The van der Waals surface area contributed by atoms with Crippen molar-refractivity contribution in [3.63, 3.8) is 0 Å². The fourth-order valence-electron chi connectivity index (χ4n) is 2.96. The Morgan fingerprint density at radius 2 is 1.89 bits per heavy atom. The van der Waals surface area contributed by atoms with Gasteiger partial charge < -0.3 is 25.2 Å². The lowest BCUT2D eigenvalue weighted by Gasteiger charge is -2.37. The highest BCUT2D eigenvalue weighted by molar-refractivity contribution is 5.75. The molecule has 108 valence electrons. The fraction of sp³-hybridized carbons (Fsp3) is 0.833. The van der Waals surface area contributed by atoms with Gasteiger partial charge in [0.15, 0.2) is 0 Å². The van der Waals surface area contributed by atoms with Crippen LogP contribution in [0.3, 0.4) is 0 Å². The van der Waals surface area contributed by atoms with Crippen molar-refractivity contribution in [3.05, 3.63) is 0 Å². The molecule has 2 heterocycles. The summed E-state index contributed by atoms with van der Waals surface area (Å²) in [6, 6.07) is 0.126. The summed E-state index contributed by atoms with van der Waals surface area (Å²) < 4.78 is 4.85. The first-order valence-electron chi connectivity index (χ1n) is 6.61. The van der Waals surface area contributed by atoms with Crippen molar-refractivity contribution in [1.29, 1.82) is 0 Å². The van der Waals surface area contributed by atoms with E-state index in [2.05, 4.69) is 5.32 Å². The van der Waals surface area contributed by atoms with Crippen LogP contribution in [0.1, 0.15) is 25.7 Å². The molecule has 3 N–H and O–H groups in total. The van der Waals surface area contributed by atoms with Crippen molar-refractivity contribution in [1.82, 2.24) is 10.2 Å². The van der Waals surface area contributed by atoms with E-state index in [0.717, 1.165) is 12.8 Å². The molecule has 0 spiro atoms. The second-order valence-corrected chi connectivity index (χ2v) is 5.10. The van der Waals surface area contributed by atoms with Crippen LogP contribution in [-0.4, -0.2) is 65.1 Å². The number of aliphatic hydroxyl groups is 1. The van der Waals surface area contributed by atoms with E-state index >= 15 is 0 Å². The number of ether oxygens (including phenoxy) is 1. The van der Waals surface area contributed by atoms with Crippen LogP contribution in [0.4, 0.5) is 4.79 Å². The maximum absolute atomic E-state index is 12.0. The van der Waals surface area contributed by atoms with E-state index < -0.39 is 5.97 Å². The second kappa shape index (κ2) is 6.21. The molecule has 0 aromatic heterocycles. The topological polar surface area (TPSA) is 99.1 Å². The van der Waals surface area contributed by atoms with Gasteiger partial charge in [0, 0.05) is 18.6 Å². The molecule has 0 saturated carbocycles. The highest BCUT2D eigenvalue weighted by Gasteiger charge is 2.42. The van der Waals surface area contributed by atoms with Crippen LogP contribution in [0, 0.1) is 0 Å². The number of amides is 2. The third-order valence-electron chi connectivity index (χ3n) is 3.69. The number of fused-ring (bicyclic) bond motifs is 2. The Balaban J connectivity index is 1.70. The Hall–Kier alpha value is -1.34. The minimum absolute atomic E-state index is 0.133. The number of aliphatic carboxylic acids is 1. The number of hydrogen-bond donors (Lipinski definition) is 3. The first-order valence-corrected chi connectivity index (χ1v) is 6.61. The van der Waals surface area contributed by atoms with E-state index in [9.17, 15) is 14.7 Å². The largest absolute Gasteiger partial charge is 0.480 e. The van der Waals surface area contributed by atoms with Crippen LogP contribution in [-0.2, 0) is 9.53 Å².